The topological polar surface area (TPSA) is 53.5 Å². The number of nitrogens with zero attached hydrogens (tertiary/aromatic N) is 6. The average molecular weight is 879 g/mol. The van der Waals surface area contributed by atoms with E-state index in [0.29, 0.717) is 17.7 Å². The van der Waals surface area contributed by atoms with Crippen LogP contribution in [0.2, 0.25) is 0 Å². The first-order chi connectivity index (χ1) is 34.2. The minimum Gasteiger partial charge on any atom is -0.309 e. The van der Waals surface area contributed by atoms with Gasteiger partial charge in [0.1, 0.15) is 0 Å². The Morgan fingerprint density at radius 2 is 0.551 bits per heavy atom. The number of fused-ring (bicyclic) bond motifs is 15. The van der Waals surface area contributed by atoms with Crippen LogP contribution >= 0.6 is 0 Å². The molecule has 4 aromatic heterocycles. The molecule has 0 atom stereocenters. The van der Waals surface area contributed by atoms with Gasteiger partial charge in [0, 0.05) is 43.6 Å². The molecule has 0 amide bonds. The number of benzene rings is 11. The van der Waals surface area contributed by atoms with E-state index in [1.165, 1.54) is 59.9 Å². The van der Waals surface area contributed by atoms with Gasteiger partial charge in [0.2, 0.25) is 11.9 Å². The first kappa shape index (κ1) is 37.8. The van der Waals surface area contributed by atoms with Gasteiger partial charge in [-0.15, -0.1) is 0 Å². The van der Waals surface area contributed by atoms with Gasteiger partial charge in [-0.25, -0.2) is 0 Å². The smallest absolute Gasteiger partial charge is 0.240 e. The van der Waals surface area contributed by atoms with Crippen LogP contribution in [0.4, 0.5) is 0 Å². The highest BCUT2D eigenvalue weighted by Gasteiger charge is 2.22. The Bertz CT molecular complexity index is 4370. The van der Waals surface area contributed by atoms with Crippen molar-refractivity contribution in [3.8, 4) is 40.1 Å². The summed E-state index contributed by atoms with van der Waals surface area (Å²) in [4.78, 5) is 16.2. The molecule has 0 spiro atoms. The van der Waals surface area contributed by atoms with Gasteiger partial charge in [-0.3, -0.25) is 9.13 Å². The Kier molecular flexibility index (Phi) is 7.97. The van der Waals surface area contributed by atoms with Gasteiger partial charge in [-0.1, -0.05) is 164 Å². The molecule has 0 unspecified atom stereocenters. The lowest BCUT2D eigenvalue weighted by Crippen LogP contribution is -2.10. The molecule has 6 heteroatoms. The van der Waals surface area contributed by atoms with Crippen molar-refractivity contribution < 1.29 is 0 Å². The maximum Gasteiger partial charge on any atom is 0.240 e. The average Bonchev–Trinajstić information content (AvgIpc) is 4.06. The fraction of sp³-hybridized carbons (Fsp3) is 0. The normalized spacial score (nSPS) is 12.1. The standard InChI is InChI=1S/C63H38N6/c1-2-16-42(17-3-1)67-55-25-11-10-24-51(55)54-37-40(32-35-60(54)67)39-30-33-46-52(36-39)44-19-5-4-18-43(44)45-34-31-41(38-53(45)46)61-64-62(68-56-26-12-6-20-47(56)48-21-7-13-27-57(48)68)66-63(65-61)69-58-28-14-8-22-49(58)50-23-9-15-29-59(50)69/h1-38H. The van der Waals surface area contributed by atoms with Crippen molar-refractivity contribution in [1.82, 2.24) is 28.7 Å². The van der Waals surface area contributed by atoms with E-state index in [1.54, 1.807) is 0 Å². The minimum atomic E-state index is 0.561. The molecule has 11 aromatic carbocycles. The monoisotopic (exact) mass is 878 g/mol. The van der Waals surface area contributed by atoms with E-state index < -0.39 is 0 Å². The molecule has 0 saturated heterocycles. The van der Waals surface area contributed by atoms with E-state index in [-0.39, 0.29) is 0 Å². The van der Waals surface area contributed by atoms with Gasteiger partial charge in [0.25, 0.3) is 0 Å². The number of rotatable bonds is 5. The van der Waals surface area contributed by atoms with Crippen molar-refractivity contribution in [1.29, 1.82) is 0 Å². The summed E-state index contributed by atoms with van der Waals surface area (Å²) in [7, 11) is 0. The van der Waals surface area contributed by atoms with Gasteiger partial charge in [-0.2, -0.15) is 15.0 Å². The van der Waals surface area contributed by atoms with Crippen molar-refractivity contribution in [2.75, 3.05) is 0 Å². The van der Waals surface area contributed by atoms with E-state index in [2.05, 4.69) is 244 Å². The molecule has 4 heterocycles. The molecule has 0 aliphatic carbocycles. The van der Waals surface area contributed by atoms with Crippen LogP contribution < -0.4 is 0 Å². The van der Waals surface area contributed by atoms with E-state index >= 15 is 0 Å². The lowest BCUT2D eigenvalue weighted by atomic mass is 9.91. The third-order valence-corrected chi connectivity index (χ3v) is 14.3. The van der Waals surface area contributed by atoms with Crippen LogP contribution in [0.1, 0.15) is 0 Å². The molecule has 15 aromatic rings. The van der Waals surface area contributed by atoms with Crippen LogP contribution in [-0.2, 0) is 0 Å². The summed E-state index contributed by atoms with van der Waals surface area (Å²) in [5.41, 5.74) is 11.0. The van der Waals surface area contributed by atoms with Crippen molar-refractivity contribution in [3.05, 3.63) is 231 Å². The molecule has 0 aliphatic heterocycles. The number of aromatic nitrogens is 6. The second kappa shape index (κ2) is 14.6. The molecule has 69 heavy (non-hydrogen) atoms. The van der Waals surface area contributed by atoms with Gasteiger partial charge in [0.05, 0.1) is 33.1 Å². The van der Waals surface area contributed by atoms with Gasteiger partial charge < -0.3 is 4.57 Å². The Hall–Kier alpha value is -9.39. The van der Waals surface area contributed by atoms with E-state index in [9.17, 15) is 0 Å². The van der Waals surface area contributed by atoms with Crippen LogP contribution in [0.5, 0.6) is 0 Å². The number of para-hydroxylation sites is 6. The first-order valence-electron chi connectivity index (χ1n) is 23.4. The SMILES string of the molecule is c1ccc(-n2c3ccccc3c3cc(-c4ccc5c(c4)c4ccccc4c4ccc(-c6nc(-n7c8ccccc8c8ccccc87)nc(-n7c8ccccc8c8ccccc87)n6)cc45)ccc32)cc1. The molecule has 0 radical (unpaired) electrons. The Balaban J connectivity index is 0.957. The molecule has 0 bridgehead atoms. The highest BCUT2D eigenvalue weighted by molar-refractivity contribution is 6.26. The van der Waals surface area contributed by atoms with Crippen LogP contribution in [-0.4, -0.2) is 28.7 Å². The van der Waals surface area contributed by atoms with Gasteiger partial charge >= 0.3 is 0 Å². The predicted octanol–water partition coefficient (Wildman–Crippen LogP) is 16.0. The van der Waals surface area contributed by atoms with E-state index in [4.69, 9.17) is 15.0 Å². The summed E-state index contributed by atoms with van der Waals surface area (Å²) in [6, 6.07) is 82.8. The summed E-state index contributed by atoms with van der Waals surface area (Å²) >= 11 is 0. The molecule has 15 rings (SSSR count). The maximum absolute atomic E-state index is 5.41. The van der Waals surface area contributed by atoms with Crippen LogP contribution in [0.25, 0.3) is 138 Å². The summed E-state index contributed by atoms with van der Waals surface area (Å²) < 4.78 is 6.75. The zero-order chi connectivity index (χ0) is 45.2. The molecule has 6 nitrogen and oxygen atoms in total. The fourth-order valence-corrected chi connectivity index (χ4v) is 11.2. The zero-order valence-corrected chi connectivity index (χ0v) is 37.1. The number of hydrogen-bond acceptors (Lipinski definition) is 3. The van der Waals surface area contributed by atoms with E-state index in [1.807, 2.05) is 0 Å². The zero-order valence-electron chi connectivity index (χ0n) is 37.1. The second-order valence-electron chi connectivity index (χ2n) is 18.0. The van der Waals surface area contributed by atoms with Crippen molar-refractivity contribution in [2.24, 2.45) is 0 Å². The lowest BCUT2D eigenvalue weighted by Gasteiger charge is -2.15. The van der Waals surface area contributed by atoms with Crippen LogP contribution in [0.3, 0.4) is 0 Å². The Morgan fingerprint density at radius 1 is 0.217 bits per heavy atom. The maximum atomic E-state index is 5.41. The number of hydrogen-bond donors (Lipinski definition) is 0. The summed E-state index contributed by atoms with van der Waals surface area (Å²) in [6.07, 6.45) is 0. The van der Waals surface area contributed by atoms with Crippen molar-refractivity contribution in [2.45, 2.75) is 0 Å². The molecule has 0 fully saturated rings. The third-order valence-electron chi connectivity index (χ3n) is 14.3. The lowest BCUT2D eigenvalue weighted by molar-refractivity contribution is 0.893. The summed E-state index contributed by atoms with van der Waals surface area (Å²) in [6.45, 7) is 0. The Morgan fingerprint density at radius 3 is 1.07 bits per heavy atom. The molecular weight excluding hydrogens is 841 g/mol. The fourth-order valence-electron chi connectivity index (χ4n) is 11.2. The van der Waals surface area contributed by atoms with Crippen LogP contribution in [0.15, 0.2) is 231 Å². The highest BCUT2D eigenvalue weighted by atomic mass is 15.3. The van der Waals surface area contributed by atoms with Crippen molar-refractivity contribution >= 4 is 97.7 Å². The molecular formula is C63H38N6. The Labute approximate surface area is 395 Å². The predicted molar refractivity (Wildman–Crippen MR) is 286 cm³/mol. The van der Waals surface area contributed by atoms with Gasteiger partial charge in [-0.05, 0) is 110 Å². The van der Waals surface area contributed by atoms with Crippen LogP contribution in [0, 0.1) is 0 Å². The molecule has 0 aliphatic rings. The molecule has 0 N–H and O–H groups in total. The third kappa shape index (κ3) is 5.57. The first-order valence-corrected chi connectivity index (χ1v) is 23.4. The molecule has 320 valence electrons. The summed E-state index contributed by atoms with van der Waals surface area (Å²) in [5.74, 6) is 1.72. The summed E-state index contributed by atoms with van der Waals surface area (Å²) in [5, 5.41) is 14.2. The van der Waals surface area contributed by atoms with Crippen molar-refractivity contribution in [3.63, 3.8) is 0 Å². The van der Waals surface area contributed by atoms with Gasteiger partial charge in [0.15, 0.2) is 5.82 Å². The minimum absolute atomic E-state index is 0.561. The van der Waals surface area contributed by atoms with E-state index in [0.717, 1.165) is 60.2 Å². The second-order valence-corrected chi connectivity index (χ2v) is 18.0. The quantitative estimate of drug-likeness (QED) is 0.162. The molecule has 0 saturated carbocycles. The largest absolute Gasteiger partial charge is 0.309 e. The highest BCUT2D eigenvalue weighted by Crippen LogP contribution is 2.41.